The lowest BCUT2D eigenvalue weighted by atomic mass is 9.78. The van der Waals surface area contributed by atoms with Crippen LogP contribution in [0.1, 0.15) is 34.6 Å². The van der Waals surface area contributed by atoms with Gasteiger partial charge < -0.3 is 10.1 Å². The molecule has 0 spiro atoms. The lowest BCUT2D eigenvalue weighted by Gasteiger charge is -2.30. The molecule has 1 amide bonds. The molecule has 0 fully saturated rings. The Labute approximate surface area is 114 Å². The zero-order valence-electron chi connectivity index (χ0n) is 10.7. The molecule has 1 heterocycles. The maximum Gasteiger partial charge on any atom is 0.340 e. The van der Waals surface area contributed by atoms with Gasteiger partial charge in [0.25, 0.3) is 0 Å². The van der Waals surface area contributed by atoms with E-state index in [0.29, 0.717) is 0 Å². The molecule has 0 bridgehead atoms. The van der Waals surface area contributed by atoms with Crippen LogP contribution in [0.4, 0.5) is 5.69 Å². The minimum absolute atomic E-state index is 0.0141. The SMILES string of the molecule is COC(=O)c1c(Cl)ccc2c1C(=O)C(C)(C)C(=O)N2. The summed E-state index contributed by atoms with van der Waals surface area (Å²) in [6.07, 6.45) is 0. The van der Waals surface area contributed by atoms with E-state index in [1.807, 2.05) is 0 Å². The largest absolute Gasteiger partial charge is 0.465 e. The molecule has 100 valence electrons. The average molecular weight is 282 g/mol. The molecule has 0 saturated carbocycles. The summed E-state index contributed by atoms with van der Waals surface area (Å²) in [7, 11) is 1.20. The summed E-state index contributed by atoms with van der Waals surface area (Å²) < 4.78 is 4.64. The number of carbonyl (C=O) groups excluding carboxylic acids is 3. The highest BCUT2D eigenvalue weighted by atomic mass is 35.5. The first-order chi connectivity index (χ1) is 8.80. The number of hydrogen-bond donors (Lipinski definition) is 1. The maximum absolute atomic E-state index is 12.4. The number of ether oxygens (including phenoxy) is 1. The number of hydrogen-bond acceptors (Lipinski definition) is 4. The smallest absolute Gasteiger partial charge is 0.340 e. The van der Waals surface area contributed by atoms with Crippen LogP contribution in [-0.4, -0.2) is 24.8 Å². The number of anilines is 1. The first kappa shape index (κ1) is 13.5. The van der Waals surface area contributed by atoms with Crippen molar-refractivity contribution in [1.29, 1.82) is 0 Å². The highest BCUT2D eigenvalue weighted by Gasteiger charge is 2.44. The quantitative estimate of drug-likeness (QED) is 0.633. The third-order valence-corrected chi connectivity index (χ3v) is 3.47. The first-order valence-corrected chi connectivity index (χ1v) is 5.95. The van der Waals surface area contributed by atoms with E-state index in [0.717, 1.165) is 0 Å². The highest BCUT2D eigenvalue weighted by Crippen LogP contribution is 2.37. The topological polar surface area (TPSA) is 72.5 Å². The van der Waals surface area contributed by atoms with Crippen molar-refractivity contribution in [3.63, 3.8) is 0 Å². The van der Waals surface area contributed by atoms with Crippen LogP contribution < -0.4 is 5.32 Å². The Kier molecular flexibility index (Phi) is 3.10. The summed E-state index contributed by atoms with van der Waals surface area (Å²) in [6.45, 7) is 2.99. The molecule has 1 aliphatic rings. The third kappa shape index (κ3) is 1.90. The minimum atomic E-state index is -1.25. The monoisotopic (exact) mass is 281 g/mol. The standard InChI is InChI=1S/C13H12ClNO4/c1-13(2)10(16)9-7(15-12(13)18)5-4-6(14)8(9)11(17)19-3/h4-5H,1-3H3,(H,15,18). The summed E-state index contributed by atoms with van der Waals surface area (Å²) in [4.78, 5) is 36.0. The Balaban J connectivity index is 2.75. The molecular weight excluding hydrogens is 270 g/mol. The second-order valence-corrected chi connectivity index (χ2v) is 5.15. The van der Waals surface area contributed by atoms with Gasteiger partial charge in [-0.3, -0.25) is 9.59 Å². The Hall–Kier alpha value is -1.88. The van der Waals surface area contributed by atoms with Gasteiger partial charge >= 0.3 is 5.97 Å². The molecule has 6 heteroatoms. The Bertz CT molecular complexity index is 607. The van der Waals surface area contributed by atoms with E-state index in [2.05, 4.69) is 10.1 Å². The third-order valence-electron chi connectivity index (χ3n) is 3.15. The summed E-state index contributed by atoms with van der Waals surface area (Å²) >= 11 is 5.96. The number of esters is 1. The van der Waals surface area contributed by atoms with E-state index >= 15 is 0 Å². The Morgan fingerprint density at radius 3 is 2.53 bits per heavy atom. The zero-order chi connectivity index (χ0) is 14.4. The number of halogens is 1. The van der Waals surface area contributed by atoms with Gasteiger partial charge in [-0.25, -0.2) is 4.79 Å². The lowest BCUT2D eigenvalue weighted by molar-refractivity contribution is -0.122. The Morgan fingerprint density at radius 2 is 1.95 bits per heavy atom. The van der Waals surface area contributed by atoms with Crippen LogP contribution in [0, 0.1) is 5.41 Å². The van der Waals surface area contributed by atoms with Crippen LogP contribution in [0.25, 0.3) is 0 Å². The van der Waals surface area contributed by atoms with Crippen molar-refractivity contribution >= 4 is 34.9 Å². The van der Waals surface area contributed by atoms with Gasteiger partial charge in [-0.2, -0.15) is 0 Å². The van der Waals surface area contributed by atoms with E-state index in [1.165, 1.54) is 33.1 Å². The van der Waals surface area contributed by atoms with Crippen LogP contribution >= 0.6 is 11.6 Å². The molecule has 5 nitrogen and oxygen atoms in total. The van der Waals surface area contributed by atoms with Crippen LogP contribution in [0.5, 0.6) is 0 Å². The van der Waals surface area contributed by atoms with Crippen molar-refractivity contribution in [2.75, 3.05) is 12.4 Å². The van der Waals surface area contributed by atoms with Crippen molar-refractivity contribution in [2.45, 2.75) is 13.8 Å². The predicted molar refractivity (Wildman–Crippen MR) is 69.5 cm³/mol. The van der Waals surface area contributed by atoms with Crippen LogP contribution in [-0.2, 0) is 9.53 Å². The molecule has 2 rings (SSSR count). The zero-order valence-corrected chi connectivity index (χ0v) is 11.4. The van der Waals surface area contributed by atoms with Gasteiger partial charge in [0.15, 0.2) is 5.78 Å². The molecule has 19 heavy (non-hydrogen) atoms. The summed E-state index contributed by atoms with van der Waals surface area (Å²) in [5, 5.41) is 2.72. The summed E-state index contributed by atoms with van der Waals surface area (Å²) in [6, 6.07) is 2.94. The number of nitrogens with one attached hydrogen (secondary N) is 1. The fourth-order valence-corrected chi connectivity index (χ4v) is 2.15. The van der Waals surface area contributed by atoms with E-state index in [9.17, 15) is 14.4 Å². The number of amides is 1. The second-order valence-electron chi connectivity index (χ2n) is 4.74. The van der Waals surface area contributed by atoms with Gasteiger partial charge in [-0.05, 0) is 26.0 Å². The van der Waals surface area contributed by atoms with Gasteiger partial charge in [0, 0.05) is 0 Å². The molecular formula is C13H12ClNO4. The van der Waals surface area contributed by atoms with E-state index in [-0.39, 0.29) is 21.8 Å². The highest BCUT2D eigenvalue weighted by molar-refractivity contribution is 6.36. The molecule has 0 atom stereocenters. The van der Waals surface area contributed by atoms with Gasteiger partial charge in [-0.15, -0.1) is 0 Å². The van der Waals surface area contributed by atoms with E-state index in [4.69, 9.17) is 11.6 Å². The number of carbonyl (C=O) groups is 3. The normalized spacial score (nSPS) is 16.6. The summed E-state index contributed by atoms with van der Waals surface area (Å²) in [5.74, 6) is -1.57. The fraction of sp³-hybridized carbons (Fsp3) is 0.308. The molecule has 0 aliphatic carbocycles. The molecule has 0 radical (unpaired) electrons. The van der Waals surface area contributed by atoms with Gasteiger partial charge in [0.05, 0.1) is 28.9 Å². The number of benzene rings is 1. The fourth-order valence-electron chi connectivity index (χ4n) is 1.91. The van der Waals surface area contributed by atoms with Crippen molar-refractivity contribution in [3.05, 3.63) is 28.3 Å². The van der Waals surface area contributed by atoms with Gasteiger partial charge in [0.2, 0.25) is 5.91 Å². The second kappa shape index (κ2) is 4.35. The number of rotatable bonds is 1. The Morgan fingerprint density at radius 1 is 1.32 bits per heavy atom. The number of methoxy groups -OCH3 is 1. The van der Waals surface area contributed by atoms with Crippen molar-refractivity contribution < 1.29 is 19.1 Å². The molecule has 1 aliphatic heterocycles. The number of fused-ring (bicyclic) bond motifs is 1. The van der Waals surface area contributed by atoms with Crippen LogP contribution in [0.2, 0.25) is 5.02 Å². The first-order valence-electron chi connectivity index (χ1n) is 5.57. The van der Waals surface area contributed by atoms with E-state index in [1.54, 1.807) is 0 Å². The minimum Gasteiger partial charge on any atom is -0.465 e. The van der Waals surface area contributed by atoms with E-state index < -0.39 is 23.1 Å². The lowest BCUT2D eigenvalue weighted by Crippen LogP contribution is -2.43. The van der Waals surface area contributed by atoms with Crippen LogP contribution in [0.3, 0.4) is 0 Å². The number of Topliss-reactive ketones (excluding diaryl/α,β-unsaturated/α-hetero) is 1. The predicted octanol–water partition coefficient (Wildman–Crippen LogP) is 2.29. The van der Waals surface area contributed by atoms with Crippen molar-refractivity contribution in [2.24, 2.45) is 5.41 Å². The maximum atomic E-state index is 12.4. The molecule has 0 saturated heterocycles. The molecule has 1 N–H and O–H groups in total. The summed E-state index contributed by atoms with van der Waals surface area (Å²) in [5.41, 5.74) is -0.886. The van der Waals surface area contributed by atoms with Crippen molar-refractivity contribution in [1.82, 2.24) is 0 Å². The van der Waals surface area contributed by atoms with Crippen molar-refractivity contribution in [3.8, 4) is 0 Å². The molecule has 1 aromatic carbocycles. The van der Waals surface area contributed by atoms with Crippen LogP contribution in [0.15, 0.2) is 12.1 Å². The molecule has 0 aromatic heterocycles. The van der Waals surface area contributed by atoms with Gasteiger partial charge in [-0.1, -0.05) is 11.6 Å². The molecule has 0 unspecified atom stereocenters. The average Bonchev–Trinajstić information content (AvgIpc) is 2.37. The number of ketones is 1. The molecule has 1 aromatic rings. The van der Waals surface area contributed by atoms with Gasteiger partial charge in [0.1, 0.15) is 5.41 Å².